The molecule has 9 nitrogen and oxygen atoms in total. The van der Waals surface area contributed by atoms with Crippen molar-refractivity contribution in [1.29, 1.82) is 0 Å². The van der Waals surface area contributed by atoms with E-state index < -0.39 is 23.6 Å². The molecule has 2 atom stereocenters. The van der Waals surface area contributed by atoms with Gasteiger partial charge in [-0.2, -0.15) is 0 Å². The molecule has 1 fully saturated rings. The van der Waals surface area contributed by atoms with Crippen LogP contribution >= 0.6 is 0 Å². The minimum absolute atomic E-state index is 0.0191. The highest BCUT2D eigenvalue weighted by Crippen LogP contribution is 2.25. The number of carboxylic acid groups (broad SMARTS) is 1. The predicted molar refractivity (Wildman–Crippen MR) is 171 cm³/mol. The first kappa shape index (κ1) is 33.7. The first-order valence-electron chi connectivity index (χ1n) is 15.3. The Kier molecular flexibility index (Phi) is 11.7. The van der Waals surface area contributed by atoms with Crippen molar-refractivity contribution in [2.75, 3.05) is 33.5 Å². The summed E-state index contributed by atoms with van der Waals surface area (Å²) in [5.41, 5.74) is 2.86. The first-order chi connectivity index (χ1) is 21.5. The molecule has 45 heavy (non-hydrogen) atoms. The molecule has 4 rings (SSSR count). The minimum atomic E-state index is -1.27. The molecule has 1 N–H and O–H groups in total. The van der Waals surface area contributed by atoms with Gasteiger partial charge in [-0.05, 0) is 74.4 Å². The lowest BCUT2D eigenvalue weighted by Gasteiger charge is -2.28. The number of Topliss-reactive ketones (excluding diaryl/α,β-unsaturated/α-hetero) is 1. The Labute approximate surface area is 265 Å². The zero-order chi connectivity index (χ0) is 32.4. The lowest BCUT2D eigenvalue weighted by molar-refractivity contribution is -0.146. The van der Waals surface area contributed by atoms with E-state index in [0.29, 0.717) is 42.9 Å². The van der Waals surface area contributed by atoms with Gasteiger partial charge in [0.25, 0.3) is 0 Å². The van der Waals surface area contributed by atoms with Crippen LogP contribution in [0.2, 0.25) is 0 Å². The molecular formula is C36H44N2O7. The number of carbonyl (C=O) groups excluding carboxylic acids is 2. The van der Waals surface area contributed by atoms with Crippen LogP contribution in [0.15, 0.2) is 78.9 Å². The first-order valence-corrected chi connectivity index (χ1v) is 15.3. The summed E-state index contributed by atoms with van der Waals surface area (Å²) in [6, 6.07) is 25.1. The minimum Gasteiger partial charge on any atom is -0.497 e. The summed E-state index contributed by atoms with van der Waals surface area (Å²) in [6.45, 7) is 6.72. The van der Waals surface area contributed by atoms with Crippen molar-refractivity contribution in [1.82, 2.24) is 9.80 Å². The van der Waals surface area contributed by atoms with Gasteiger partial charge in [0, 0.05) is 19.1 Å². The van der Waals surface area contributed by atoms with Gasteiger partial charge in [0.2, 0.25) is 0 Å². The summed E-state index contributed by atoms with van der Waals surface area (Å²) in [5.74, 6) is -2.28. The van der Waals surface area contributed by atoms with E-state index in [1.165, 1.54) is 0 Å². The Balaban J connectivity index is 1.53. The average Bonchev–Trinajstić information content (AvgIpc) is 3.44. The number of hydrogen-bond acceptors (Lipinski definition) is 7. The zero-order valence-electron chi connectivity index (χ0n) is 26.6. The number of benzene rings is 3. The van der Waals surface area contributed by atoms with Gasteiger partial charge < -0.3 is 24.2 Å². The Hall–Kier alpha value is -4.21. The average molecular weight is 617 g/mol. The Bertz CT molecular complexity index is 1420. The van der Waals surface area contributed by atoms with Crippen LogP contribution in [-0.2, 0) is 44.9 Å². The molecule has 0 aliphatic carbocycles. The largest absolute Gasteiger partial charge is 0.497 e. The molecule has 240 valence electrons. The molecule has 0 saturated carbocycles. The second kappa shape index (κ2) is 15.7. The van der Waals surface area contributed by atoms with E-state index in [-0.39, 0.29) is 38.1 Å². The third-order valence-electron chi connectivity index (χ3n) is 7.81. The van der Waals surface area contributed by atoms with E-state index in [4.69, 9.17) is 14.2 Å². The van der Waals surface area contributed by atoms with Crippen molar-refractivity contribution in [3.63, 3.8) is 0 Å². The van der Waals surface area contributed by atoms with Gasteiger partial charge in [-0.3, -0.25) is 14.5 Å². The highest BCUT2D eigenvalue weighted by Gasteiger charge is 2.33. The Morgan fingerprint density at radius 3 is 2.27 bits per heavy atom. The number of aliphatic carboxylic acids is 1. The van der Waals surface area contributed by atoms with E-state index in [1.54, 1.807) is 30.2 Å². The van der Waals surface area contributed by atoms with Crippen LogP contribution < -0.4 is 4.74 Å². The fourth-order valence-electron chi connectivity index (χ4n) is 5.39. The van der Waals surface area contributed by atoms with Gasteiger partial charge in [0.05, 0.1) is 27.0 Å². The summed E-state index contributed by atoms with van der Waals surface area (Å²) in [4.78, 5) is 42.9. The lowest BCUT2D eigenvalue weighted by atomic mass is 9.91. The van der Waals surface area contributed by atoms with E-state index in [1.807, 2.05) is 86.3 Å². The highest BCUT2D eigenvalue weighted by molar-refractivity contribution is 5.99. The third kappa shape index (κ3) is 10.2. The molecule has 0 bridgehead atoms. The zero-order valence-corrected chi connectivity index (χ0v) is 26.6. The standard InChI is InChI=1S/C36H44N2O7/c1-36(2,3)45-35(42)37(18-17-26-11-7-5-8-12-26)22-29-20-31(43-4)16-15-28(29)21-32(34(40)41)33(39)23-38-25-44-24-30(38)19-27-13-9-6-10-14-27/h5-16,20,30,32H,17-19,21-25H2,1-4H3,(H,40,41). The molecule has 1 heterocycles. The third-order valence-corrected chi connectivity index (χ3v) is 7.81. The summed E-state index contributed by atoms with van der Waals surface area (Å²) >= 11 is 0. The molecule has 1 aliphatic rings. The van der Waals surface area contributed by atoms with Gasteiger partial charge in [-0.15, -0.1) is 0 Å². The maximum atomic E-state index is 13.5. The van der Waals surface area contributed by atoms with Crippen molar-refractivity contribution in [2.45, 2.75) is 58.2 Å². The van der Waals surface area contributed by atoms with Crippen molar-refractivity contribution < 1.29 is 33.7 Å². The number of methoxy groups -OCH3 is 1. The molecular weight excluding hydrogens is 572 g/mol. The molecule has 0 radical (unpaired) electrons. The number of nitrogens with zero attached hydrogens (tertiary/aromatic N) is 2. The summed E-state index contributed by atoms with van der Waals surface area (Å²) in [5, 5.41) is 10.2. The lowest BCUT2D eigenvalue weighted by Crippen LogP contribution is -2.41. The SMILES string of the molecule is COc1ccc(CC(C(=O)O)C(=O)CN2COCC2Cc2ccccc2)c(CN(CCc2ccccc2)C(=O)OC(C)(C)C)c1. The molecule has 1 amide bonds. The van der Waals surface area contributed by atoms with Crippen LogP contribution in [0.1, 0.15) is 43.0 Å². The summed E-state index contributed by atoms with van der Waals surface area (Å²) < 4.78 is 16.9. The molecule has 1 saturated heterocycles. The normalized spacial score (nSPS) is 15.8. The van der Waals surface area contributed by atoms with Gasteiger partial charge >= 0.3 is 12.1 Å². The van der Waals surface area contributed by atoms with Crippen LogP contribution in [0.25, 0.3) is 0 Å². The number of amides is 1. The van der Waals surface area contributed by atoms with Crippen LogP contribution in [0.4, 0.5) is 4.79 Å². The molecule has 1 aliphatic heterocycles. The fraction of sp³-hybridized carbons (Fsp3) is 0.417. The summed E-state index contributed by atoms with van der Waals surface area (Å²) in [7, 11) is 1.55. The number of rotatable bonds is 14. The van der Waals surface area contributed by atoms with Crippen molar-refractivity contribution >= 4 is 17.8 Å². The van der Waals surface area contributed by atoms with Crippen LogP contribution in [0.3, 0.4) is 0 Å². The van der Waals surface area contributed by atoms with Gasteiger partial charge in [0.1, 0.15) is 17.3 Å². The van der Waals surface area contributed by atoms with Crippen molar-refractivity contribution in [2.24, 2.45) is 5.92 Å². The molecule has 0 spiro atoms. The number of carboxylic acids is 1. The maximum absolute atomic E-state index is 13.5. The Morgan fingerprint density at radius 1 is 0.978 bits per heavy atom. The number of ether oxygens (including phenoxy) is 3. The summed E-state index contributed by atoms with van der Waals surface area (Å²) in [6.07, 6.45) is 0.818. The van der Waals surface area contributed by atoms with E-state index >= 15 is 0 Å². The monoisotopic (exact) mass is 616 g/mol. The fourth-order valence-corrected chi connectivity index (χ4v) is 5.39. The van der Waals surface area contributed by atoms with Crippen LogP contribution in [-0.4, -0.2) is 77.9 Å². The maximum Gasteiger partial charge on any atom is 0.410 e. The van der Waals surface area contributed by atoms with E-state index in [0.717, 1.165) is 11.1 Å². The van der Waals surface area contributed by atoms with Crippen LogP contribution in [0.5, 0.6) is 5.75 Å². The predicted octanol–water partition coefficient (Wildman–Crippen LogP) is 5.39. The molecule has 3 aromatic carbocycles. The quantitative estimate of drug-likeness (QED) is 0.241. The smallest absolute Gasteiger partial charge is 0.410 e. The molecule has 0 aromatic heterocycles. The molecule has 3 aromatic rings. The molecule has 2 unspecified atom stereocenters. The Morgan fingerprint density at radius 2 is 1.64 bits per heavy atom. The van der Waals surface area contributed by atoms with Gasteiger partial charge in [-0.25, -0.2) is 4.79 Å². The van der Waals surface area contributed by atoms with Crippen LogP contribution in [0, 0.1) is 5.92 Å². The second-order valence-corrected chi connectivity index (χ2v) is 12.4. The number of carbonyl (C=O) groups is 3. The van der Waals surface area contributed by atoms with E-state index in [9.17, 15) is 19.5 Å². The van der Waals surface area contributed by atoms with Crippen molar-refractivity contribution in [3.05, 3.63) is 101 Å². The van der Waals surface area contributed by atoms with Crippen molar-refractivity contribution in [3.8, 4) is 5.75 Å². The highest BCUT2D eigenvalue weighted by atomic mass is 16.6. The van der Waals surface area contributed by atoms with Gasteiger partial charge in [-0.1, -0.05) is 66.7 Å². The number of hydrogen-bond donors (Lipinski definition) is 1. The number of ketones is 1. The molecule has 9 heteroatoms. The topological polar surface area (TPSA) is 106 Å². The van der Waals surface area contributed by atoms with E-state index in [2.05, 4.69) is 0 Å². The van der Waals surface area contributed by atoms with Gasteiger partial charge in [0.15, 0.2) is 5.78 Å². The second-order valence-electron chi connectivity index (χ2n) is 12.4.